The van der Waals surface area contributed by atoms with Crippen LogP contribution in [0.4, 0.5) is 0 Å². The molecule has 120 valence electrons. The Kier molecular flexibility index (Phi) is 5.43. The summed E-state index contributed by atoms with van der Waals surface area (Å²) < 4.78 is 5.38. The molecule has 0 bridgehead atoms. The second-order valence-corrected chi connectivity index (χ2v) is 6.00. The monoisotopic (exact) mass is 308 g/mol. The maximum absolute atomic E-state index is 5.38. The number of piperidine rings is 1. The van der Waals surface area contributed by atoms with Gasteiger partial charge in [-0.2, -0.15) is 0 Å². The zero-order valence-corrected chi connectivity index (χ0v) is 13.7. The van der Waals surface area contributed by atoms with Crippen molar-refractivity contribution < 1.29 is 4.74 Å². The van der Waals surface area contributed by atoms with E-state index in [-0.39, 0.29) is 0 Å². The number of rotatable bonds is 5. The first-order valence-electron chi connectivity index (χ1n) is 8.28. The van der Waals surface area contributed by atoms with E-state index in [1.165, 1.54) is 18.4 Å². The molecule has 0 amide bonds. The minimum atomic E-state index is 0.687. The molecular weight excluding hydrogens is 284 g/mol. The Labute approximate surface area is 138 Å². The number of aromatic nitrogens is 1. The molecule has 23 heavy (non-hydrogen) atoms. The van der Waals surface area contributed by atoms with Gasteiger partial charge in [0.05, 0.1) is 7.11 Å². The van der Waals surface area contributed by atoms with Gasteiger partial charge >= 0.3 is 0 Å². The Morgan fingerprint density at radius 2 is 1.87 bits per heavy atom. The second kappa shape index (κ2) is 7.93. The highest BCUT2D eigenvalue weighted by atomic mass is 16.5. The third-order valence-corrected chi connectivity index (χ3v) is 4.57. The van der Waals surface area contributed by atoms with Crippen molar-refractivity contribution in [3.05, 3.63) is 66.0 Å². The SMILES string of the molecule is COc1ccccc1C=CCN1CCC(c2ccncc2)CC1. The van der Waals surface area contributed by atoms with Crippen molar-refractivity contribution in [1.82, 2.24) is 9.88 Å². The van der Waals surface area contributed by atoms with Crippen LogP contribution >= 0.6 is 0 Å². The Morgan fingerprint density at radius 1 is 1.13 bits per heavy atom. The van der Waals surface area contributed by atoms with E-state index >= 15 is 0 Å². The van der Waals surface area contributed by atoms with Crippen LogP contribution < -0.4 is 4.74 Å². The van der Waals surface area contributed by atoms with Crippen LogP contribution in [-0.4, -0.2) is 36.6 Å². The van der Waals surface area contributed by atoms with Crippen molar-refractivity contribution in [3.63, 3.8) is 0 Å². The molecular formula is C20H24N2O. The lowest BCUT2D eigenvalue weighted by Crippen LogP contribution is -2.33. The van der Waals surface area contributed by atoms with E-state index in [0.29, 0.717) is 5.92 Å². The summed E-state index contributed by atoms with van der Waals surface area (Å²) in [6, 6.07) is 12.4. The average molecular weight is 308 g/mol. The van der Waals surface area contributed by atoms with Gasteiger partial charge in [-0.25, -0.2) is 0 Å². The fourth-order valence-corrected chi connectivity index (χ4v) is 3.22. The van der Waals surface area contributed by atoms with Gasteiger partial charge in [-0.05, 0) is 55.6 Å². The summed E-state index contributed by atoms with van der Waals surface area (Å²) in [5.74, 6) is 1.62. The Morgan fingerprint density at radius 3 is 2.61 bits per heavy atom. The fraction of sp³-hybridized carbons (Fsp3) is 0.350. The summed E-state index contributed by atoms with van der Waals surface area (Å²) in [6.45, 7) is 3.31. The number of pyridine rings is 1. The molecule has 0 spiro atoms. The maximum atomic E-state index is 5.38. The molecule has 0 aliphatic carbocycles. The van der Waals surface area contributed by atoms with Gasteiger partial charge in [0.2, 0.25) is 0 Å². The molecule has 0 saturated carbocycles. The van der Waals surface area contributed by atoms with Crippen molar-refractivity contribution in [3.8, 4) is 5.75 Å². The molecule has 1 fully saturated rings. The van der Waals surface area contributed by atoms with Crippen molar-refractivity contribution in [1.29, 1.82) is 0 Å². The van der Waals surface area contributed by atoms with Crippen LogP contribution in [0.1, 0.15) is 29.9 Å². The van der Waals surface area contributed by atoms with Crippen LogP contribution in [-0.2, 0) is 0 Å². The minimum Gasteiger partial charge on any atom is -0.496 e. The summed E-state index contributed by atoms with van der Waals surface area (Å²) >= 11 is 0. The van der Waals surface area contributed by atoms with E-state index in [1.807, 2.05) is 30.6 Å². The van der Waals surface area contributed by atoms with Crippen LogP contribution in [0.3, 0.4) is 0 Å². The predicted molar refractivity (Wildman–Crippen MR) is 94.7 cm³/mol. The van der Waals surface area contributed by atoms with Gasteiger partial charge < -0.3 is 4.74 Å². The van der Waals surface area contributed by atoms with Gasteiger partial charge in [-0.1, -0.05) is 30.4 Å². The smallest absolute Gasteiger partial charge is 0.126 e. The number of para-hydroxylation sites is 1. The van der Waals surface area contributed by atoms with Crippen LogP contribution in [0.2, 0.25) is 0 Å². The standard InChI is InChI=1S/C20H24N2O/c1-23-20-7-3-2-5-19(20)6-4-14-22-15-10-18(11-16-22)17-8-12-21-13-9-17/h2-9,12-13,18H,10-11,14-16H2,1H3. The highest BCUT2D eigenvalue weighted by Crippen LogP contribution is 2.27. The number of hydrogen-bond acceptors (Lipinski definition) is 3. The molecule has 0 unspecified atom stereocenters. The topological polar surface area (TPSA) is 25.4 Å². The number of benzene rings is 1. The zero-order valence-electron chi connectivity index (χ0n) is 13.7. The molecule has 3 rings (SSSR count). The van der Waals surface area contributed by atoms with Gasteiger partial charge in [-0.3, -0.25) is 9.88 Å². The number of nitrogens with zero attached hydrogens (tertiary/aromatic N) is 2. The van der Waals surface area contributed by atoms with Crippen molar-refractivity contribution in [2.75, 3.05) is 26.7 Å². The highest BCUT2D eigenvalue weighted by Gasteiger charge is 2.19. The molecule has 0 N–H and O–H groups in total. The third-order valence-electron chi connectivity index (χ3n) is 4.57. The van der Waals surface area contributed by atoms with E-state index in [9.17, 15) is 0 Å². The van der Waals surface area contributed by atoms with Gasteiger partial charge in [0.15, 0.2) is 0 Å². The summed E-state index contributed by atoms with van der Waals surface area (Å²) in [5.41, 5.74) is 2.57. The summed E-state index contributed by atoms with van der Waals surface area (Å²) in [7, 11) is 1.72. The number of hydrogen-bond donors (Lipinski definition) is 0. The third kappa shape index (κ3) is 4.20. The summed E-state index contributed by atoms with van der Waals surface area (Å²) in [5, 5.41) is 0. The number of methoxy groups -OCH3 is 1. The van der Waals surface area contributed by atoms with E-state index in [4.69, 9.17) is 4.74 Å². The molecule has 1 aromatic carbocycles. The van der Waals surface area contributed by atoms with Crippen LogP contribution in [0.15, 0.2) is 54.9 Å². The molecule has 3 nitrogen and oxygen atoms in total. The molecule has 2 heterocycles. The van der Waals surface area contributed by atoms with Crippen molar-refractivity contribution >= 4 is 6.08 Å². The Bertz CT molecular complexity index is 631. The first-order valence-corrected chi connectivity index (χ1v) is 8.28. The quantitative estimate of drug-likeness (QED) is 0.835. The molecule has 1 aliphatic rings. The average Bonchev–Trinajstić information content (AvgIpc) is 2.63. The van der Waals surface area contributed by atoms with E-state index in [2.05, 4.69) is 40.2 Å². The molecule has 2 aromatic rings. The second-order valence-electron chi connectivity index (χ2n) is 6.00. The Balaban J connectivity index is 1.50. The lowest BCUT2D eigenvalue weighted by Gasteiger charge is -2.31. The van der Waals surface area contributed by atoms with Gasteiger partial charge in [0, 0.05) is 24.5 Å². The lowest BCUT2D eigenvalue weighted by atomic mass is 9.90. The van der Waals surface area contributed by atoms with E-state index in [0.717, 1.165) is 30.9 Å². The van der Waals surface area contributed by atoms with E-state index in [1.54, 1.807) is 7.11 Å². The summed E-state index contributed by atoms with van der Waals surface area (Å²) in [6.07, 6.45) is 10.7. The largest absolute Gasteiger partial charge is 0.496 e. The number of likely N-dealkylation sites (tertiary alicyclic amines) is 1. The first kappa shape index (κ1) is 15.8. The van der Waals surface area contributed by atoms with Gasteiger partial charge in [0.1, 0.15) is 5.75 Å². The minimum absolute atomic E-state index is 0.687. The van der Waals surface area contributed by atoms with Crippen LogP contribution in [0.5, 0.6) is 5.75 Å². The number of ether oxygens (including phenoxy) is 1. The fourth-order valence-electron chi connectivity index (χ4n) is 3.22. The first-order chi connectivity index (χ1) is 11.4. The lowest BCUT2D eigenvalue weighted by molar-refractivity contribution is 0.233. The highest BCUT2D eigenvalue weighted by molar-refractivity contribution is 5.57. The van der Waals surface area contributed by atoms with Gasteiger partial charge in [-0.15, -0.1) is 0 Å². The van der Waals surface area contributed by atoms with Crippen LogP contribution in [0.25, 0.3) is 6.08 Å². The van der Waals surface area contributed by atoms with Crippen molar-refractivity contribution in [2.24, 2.45) is 0 Å². The summed E-state index contributed by atoms with van der Waals surface area (Å²) in [4.78, 5) is 6.63. The van der Waals surface area contributed by atoms with E-state index < -0.39 is 0 Å². The molecule has 0 radical (unpaired) electrons. The maximum Gasteiger partial charge on any atom is 0.126 e. The zero-order chi connectivity index (χ0) is 15.9. The predicted octanol–water partition coefficient (Wildman–Crippen LogP) is 3.98. The van der Waals surface area contributed by atoms with Crippen LogP contribution in [0, 0.1) is 0 Å². The van der Waals surface area contributed by atoms with Gasteiger partial charge in [0.25, 0.3) is 0 Å². The molecule has 3 heteroatoms. The normalized spacial score (nSPS) is 16.7. The molecule has 0 atom stereocenters. The Hall–Kier alpha value is -2.13. The molecule has 1 aromatic heterocycles. The molecule has 1 saturated heterocycles. The molecule has 1 aliphatic heterocycles. The van der Waals surface area contributed by atoms with Crippen molar-refractivity contribution in [2.45, 2.75) is 18.8 Å².